The molecule has 1 rings (SSSR count). The van der Waals surface area contributed by atoms with Crippen LogP contribution in [0.2, 0.25) is 0 Å². The number of aliphatic imine (C=N–C) groups is 1. The zero-order valence-corrected chi connectivity index (χ0v) is 8.40. The molecule has 1 aliphatic rings. The van der Waals surface area contributed by atoms with Crippen LogP contribution in [-0.4, -0.2) is 23.8 Å². The quantitative estimate of drug-likeness (QED) is 0.357. The fourth-order valence-corrected chi connectivity index (χ4v) is 1.67. The van der Waals surface area contributed by atoms with E-state index in [1.165, 1.54) is 6.42 Å². The van der Waals surface area contributed by atoms with Crippen LogP contribution in [-0.2, 0) is 0 Å². The minimum Gasteiger partial charge on any atom is -0.358 e. The Kier molecular flexibility index (Phi) is 3.94. The highest BCUT2D eigenvalue weighted by Crippen LogP contribution is 2.13. The molecule has 1 saturated heterocycles. The minimum absolute atomic E-state index is 0.284. The van der Waals surface area contributed by atoms with Crippen LogP contribution in [0, 0.1) is 28.7 Å². The summed E-state index contributed by atoms with van der Waals surface area (Å²) in [7, 11) is 0. The highest BCUT2D eigenvalue weighted by Gasteiger charge is 2.19. The molecule has 0 bridgehead atoms. The van der Waals surface area contributed by atoms with E-state index in [1.54, 1.807) is 13.1 Å². The summed E-state index contributed by atoms with van der Waals surface area (Å²) in [6, 6.07) is 2.12. The maximum atomic E-state index is 8.80. The molecule has 0 amide bonds. The molecule has 4 heteroatoms. The molecule has 0 aromatic heterocycles. The minimum atomic E-state index is -0.284. The number of amidine groups is 1. The molecule has 1 heterocycles. The molecule has 1 fully saturated rings. The fourth-order valence-electron chi connectivity index (χ4n) is 1.67. The summed E-state index contributed by atoms with van der Waals surface area (Å²) in [6.07, 6.45) is 5.26. The van der Waals surface area contributed by atoms with Crippen molar-refractivity contribution in [2.24, 2.45) is 10.9 Å². The van der Waals surface area contributed by atoms with Crippen LogP contribution < -0.4 is 0 Å². The zero-order chi connectivity index (χ0) is 10.4. The Morgan fingerprint density at radius 1 is 1.29 bits per heavy atom. The van der Waals surface area contributed by atoms with Gasteiger partial charge in [-0.1, -0.05) is 0 Å². The van der Waals surface area contributed by atoms with Gasteiger partial charge in [-0.15, -0.1) is 0 Å². The molecular formula is C10H14N4. The smallest absolute Gasteiger partial charge is 0.207 e. The average Bonchev–Trinajstić information content (AvgIpc) is 2.26. The summed E-state index contributed by atoms with van der Waals surface area (Å²) >= 11 is 0. The SMILES string of the molecule is CC(C#N)C(=NC#N)N1CCCCC1. The van der Waals surface area contributed by atoms with Crippen molar-refractivity contribution in [3.05, 3.63) is 0 Å². The van der Waals surface area contributed by atoms with Crippen molar-refractivity contribution in [3.8, 4) is 12.3 Å². The van der Waals surface area contributed by atoms with E-state index in [2.05, 4.69) is 16.0 Å². The molecule has 0 spiro atoms. The Hall–Kier alpha value is -1.55. The van der Waals surface area contributed by atoms with Gasteiger partial charge in [-0.25, -0.2) is 0 Å². The molecular weight excluding hydrogens is 176 g/mol. The molecule has 14 heavy (non-hydrogen) atoms. The van der Waals surface area contributed by atoms with Gasteiger partial charge in [0.2, 0.25) is 6.19 Å². The maximum Gasteiger partial charge on any atom is 0.207 e. The third kappa shape index (κ3) is 2.47. The Bertz CT molecular complexity index is 288. The van der Waals surface area contributed by atoms with E-state index in [0.29, 0.717) is 5.84 Å². The van der Waals surface area contributed by atoms with E-state index in [-0.39, 0.29) is 5.92 Å². The first kappa shape index (κ1) is 10.5. The third-order valence-electron chi connectivity index (χ3n) is 2.43. The lowest BCUT2D eigenvalue weighted by Gasteiger charge is -2.30. The van der Waals surface area contributed by atoms with Crippen LogP contribution in [0.5, 0.6) is 0 Å². The number of rotatable bonds is 1. The maximum absolute atomic E-state index is 8.80. The van der Waals surface area contributed by atoms with Gasteiger partial charge in [0.05, 0.1) is 6.07 Å². The third-order valence-corrected chi connectivity index (χ3v) is 2.43. The lowest BCUT2D eigenvalue weighted by atomic mass is 10.1. The van der Waals surface area contributed by atoms with Gasteiger partial charge in [-0.3, -0.25) is 0 Å². The van der Waals surface area contributed by atoms with Gasteiger partial charge in [0, 0.05) is 13.1 Å². The van der Waals surface area contributed by atoms with Gasteiger partial charge < -0.3 is 4.90 Å². The summed E-state index contributed by atoms with van der Waals surface area (Å²) in [5.74, 6) is 0.349. The lowest BCUT2D eigenvalue weighted by Crippen LogP contribution is -2.38. The van der Waals surface area contributed by atoms with Gasteiger partial charge in [0.25, 0.3) is 0 Å². The molecule has 0 aliphatic carbocycles. The first-order valence-electron chi connectivity index (χ1n) is 4.91. The van der Waals surface area contributed by atoms with Crippen LogP contribution in [0.1, 0.15) is 26.2 Å². The first-order valence-corrected chi connectivity index (χ1v) is 4.91. The van der Waals surface area contributed by atoms with E-state index in [4.69, 9.17) is 10.5 Å². The molecule has 1 unspecified atom stereocenters. The first-order chi connectivity index (χ1) is 6.79. The van der Waals surface area contributed by atoms with Gasteiger partial charge in [0.1, 0.15) is 11.8 Å². The molecule has 0 saturated carbocycles. The number of hydrogen-bond acceptors (Lipinski definition) is 3. The molecule has 1 aliphatic heterocycles. The summed E-state index contributed by atoms with van der Waals surface area (Å²) in [5, 5.41) is 17.3. The lowest BCUT2D eigenvalue weighted by molar-refractivity contribution is 0.333. The highest BCUT2D eigenvalue weighted by atomic mass is 15.2. The molecule has 74 valence electrons. The van der Waals surface area contributed by atoms with Gasteiger partial charge >= 0.3 is 0 Å². The second-order valence-electron chi connectivity index (χ2n) is 3.47. The standard InChI is InChI=1S/C10H14N4/c1-9(7-11)10(13-8-12)14-5-3-2-4-6-14/h9H,2-6H2,1H3. The number of nitrogens with zero attached hydrogens (tertiary/aromatic N) is 4. The Morgan fingerprint density at radius 3 is 2.43 bits per heavy atom. The normalized spacial score (nSPS) is 19.6. The summed E-state index contributed by atoms with van der Waals surface area (Å²) in [4.78, 5) is 5.80. The fraction of sp³-hybridized carbons (Fsp3) is 0.700. The number of hydrogen-bond donors (Lipinski definition) is 0. The van der Waals surface area contributed by atoms with Crippen LogP contribution in [0.15, 0.2) is 4.99 Å². The van der Waals surface area contributed by atoms with Crippen molar-refractivity contribution in [1.29, 1.82) is 10.5 Å². The number of piperidine rings is 1. The Morgan fingerprint density at radius 2 is 1.93 bits per heavy atom. The van der Waals surface area contributed by atoms with Crippen molar-refractivity contribution < 1.29 is 0 Å². The van der Waals surface area contributed by atoms with Crippen LogP contribution in [0.4, 0.5) is 0 Å². The molecule has 0 aromatic carbocycles. The molecule has 4 nitrogen and oxygen atoms in total. The van der Waals surface area contributed by atoms with E-state index in [9.17, 15) is 0 Å². The van der Waals surface area contributed by atoms with Crippen molar-refractivity contribution >= 4 is 5.84 Å². The highest BCUT2D eigenvalue weighted by molar-refractivity contribution is 5.87. The Labute approximate surface area is 84.5 Å². The van der Waals surface area contributed by atoms with Gasteiger partial charge in [-0.2, -0.15) is 15.5 Å². The van der Waals surface area contributed by atoms with Crippen LogP contribution in [0.25, 0.3) is 0 Å². The number of likely N-dealkylation sites (tertiary alicyclic amines) is 1. The molecule has 0 radical (unpaired) electrons. The molecule has 1 atom stereocenters. The average molecular weight is 190 g/mol. The predicted molar refractivity (Wildman–Crippen MR) is 53.2 cm³/mol. The summed E-state index contributed by atoms with van der Waals surface area (Å²) in [6.45, 7) is 3.63. The van der Waals surface area contributed by atoms with E-state index in [0.717, 1.165) is 25.9 Å². The predicted octanol–water partition coefficient (Wildman–Crippen LogP) is 1.51. The van der Waals surface area contributed by atoms with Crippen LogP contribution in [0.3, 0.4) is 0 Å². The number of nitriles is 2. The monoisotopic (exact) mass is 190 g/mol. The summed E-state index contributed by atoms with van der Waals surface area (Å²) in [5.41, 5.74) is 0. The largest absolute Gasteiger partial charge is 0.358 e. The van der Waals surface area contributed by atoms with E-state index < -0.39 is 0 Å². The zero-order valence-electron chi connectivity index (χ0n) is 8.40. The van der Waals surface area contributed by atoms with Crippen LogP contribution >= 0.6 is 0 Å². The Balaban J connectivity index is 2.73. The molecule has 0 N–H and O–H groups in total. The van der Waals surface area contributed by atoms with E-state index >= 15 is 0 Å². The van der Waals surface area contributed by atoms with Crippen molar-refractivity contribution in [1.82, 2.24) is 4.90 Å². The van der Waals surface area contributed by atoms with E-state index in [1.807, 2.05) is 0 Å². The van der Waals surface area contributed by atoms with Crippen molar-refractivity contribution in [2.75, 3.05) is 13.1 Å². The molecule has 0 aromatic rings. The second kappa shape index (κ2) is 5.24. The van der Waals surface area contributed by atoms with Crippen molar-refractivity contribution in [3.63, 3.8) is 0 Å². The van der Waals surface area contributed by atoms with Gasteiger partial charge in [-0.05, 0) is 26.2 Å². The summed E-state index contributed by atoms with van der Waals surface area (Å²) < 4.78 is 0. The second-order valence-corrected chi connectivity index (χ2v) is 3.47. The van der Waals surface area contributed by atoms with Gasteiger partial charge in [0.15, 0.2) is 0 Å². The topological polar surface area (TPSA) is 63.2 Å². The van der Waals surface area contributed by atoms with Crippen molar-refractivity contribution in [2.45, 2.75) is 26.2 Å².